The van der Waals surface area contributed by atoms with Gasteiger partial charge < -0.3 is 14.7 Å². The lowest BCUT2D eigenvalue weighted by molar-refractivity contribution is 0.0379. The van der Waals surface area contributed by atoms with E-state index in [4.69, 9.17) is 4.74 Å². The molecule has 1 heterocycles. The average molecular weight is 283 g/mol. The van der Waals surface area contributed by atoms with Gasteiger partial charge in [-0.05, 0) is 12.8 Å². The third-order valence-corrected chi connectivity index (χ3v) is 3.08. The van der Waals surface area contributed by atoms with E-state index in [2.05, 4.69) is 5.10 Å². The van der Waals surface area contributed by atoms with Gasteiger partial charge in [-0.1, -0.05) is 13.8 Å². The van der Waals surface area contributed by atoms with Gasteiger partial charge in [-0.15, -0.1) is 0 Å². The van der Waals surface area contributed by atoms with Gasteiger partial charge in [0.1, 0.15) is 0 Å². The Bertz CT molecular complexity index is 443. The van der Waals surface area contributed by atoms with Crippen LogP contribution in [0.15, 0.2) is 6.20 Å². The third-order valence-electron chi connectivity index (χ3n) is 3.08. The number of aliphatic hydroxyl groups is 1. The minimum atomic E-state index is -0.683. The van der Waals surface area contributed by atoms with Crippen LogP contribution < -0.4 is 0 Å². The smallest absolute Gasteiger partial charge is 0.257 e. The zero-order valence-electron chi connectivity index (χ0n) is 13.0. The highest BCUT2D eigenvalue weighted by molar-refractivity contribution is 5.95. The second-order valence-electron chi connectivity index (χ2n) is 5.23. The van der Waals surface area contributed by atoms with Gasteiger partial charge in [0, 0.05) is 33.4 Å². The second-order valence-corrected chi connectivity index (χ2v) is 5.23. The summed E-state index contributed by atoms with van der Waals surface area (Å²) in [6.45, 7) is 7.18. The van der Waals surface area contributed by atoms with Crippen molar-refractivity contribution < 1.29 is 14.6 Å². The van der Waals surface area contributed by atoms with Gasteiger partial charge in [0.15, 0.2) is 0 Å². The van der Waals surface area contributed by atoms with Gasteiger partial charge in [-0.25, -0.2) is 0 Å². The third kappa shape index (κ3) is 4.05. The molecule has 0 spiro atoms. The van der Waals surface area contributed by atoms with Gasteiger partial charge in [0.25, 0.3) is 5.91 Å². The number of aliphatic hydroxyl groups excluding tert-OH is 1. The fourth-order valence-corrected chi connectivity index (χ4v) is 2.04. The SMILES string of the molecule is CCn1cc(C(=O)N(C)CC(O)COC)c(C(C)C)n1. The van der Waals surface area contributed by atoms with Crippen LogP contribution in [0, 0.1) is 0 Å². The molecule has 1 N–H and O–H groups in total. The number of rotatable bonds is 7. The molecule has 0 aliphatic carbocycles. The Morgan fingerprint density at radius 3 is 2.70 bits per heavy atom. The Hall–Kier alpha value is -1.40. The fraction of sp³-hybridized carbons (Fsp3) is 0.714. The molecule has 0 aliphatic heterocycles. The summed E-state index contributed by atoms with van der Waals surface area (Å²) in [6.07, 6.45) is 1.09. The van der Waals surface area contributed by atoms with Crippen molar-refractivity contribution in [2.45, 2.75) is 39.3 Å². The van der Waals surface area contributed by atoms with Crippen LogP contribution in [-0.2, 0) is 11.3 Å². The topological polar surface area (TPSA) is 67.6 Å². The number of amides is 1. The Morgan fingerprint density at radius 2 is 2.20 bits per heavy atom. The molecule has 0 saturated heterocycles. The summed E-state index contributed by atoms with van der Waals surface area (Å²) in [5, 5.41) is 14.1. The predicted molar refractivity (Wildman–Crippen MR) is 76.8 cm³/mol. The zero-order chi connectivity index (χ0) is 15.3. The first-order valence-corrected chi connectivity index (χ1v) is 6.90. The van der Waals surface area contributed by atoms with Crippen molar-refractivity contribution in [3.05, 3.63) is 17.5 Å². The van der Waals surface area contributed by atoms with E-state index in [1.165, 1.54) is 12.0 Å². The summed E-state index contributed by atoms with van der Waals surface area (Å²) in [6, 6.07) is 0. The summed E-state index contributed by atoms with van der Waals surface area (Å²) < 4.78 is 6.63. The van der Waals surface area contributed by atoms with Gasteiger partial charge in [-0.2, -0.15) is 5.10 Å². The summed E-state index contributed by atoms with van der Waals surface area (Å²) in [5.74, 6) is 0.0580. The monoisotopic (exact) mass is 283 g/mol. The van der Waals surface area contributed by atoms with Crippen molar-refractivity contribution in [3.63, 3.8) is 0 Å². The molecule has 0 fully saturated rings. The first-order valence-electron chi connectivity index (χ1n) is 6.90. The van der Waals surface area contributed by atoms with Crippen molar-refractivity contribution in [2.75, 3.05) is 27.3 Å². The number of carbonyl (C=O) groups is 1. The molecule has 0 saturated carbocycles. The van der Waals surface area contributed by atoms with E-state index in [1.54, 1.807) is 17.9 Å². The quantitative estimate of drug-likeness (QED) is 0.814. The Labute approximate surface area is 120 Å². The van der Waals surface area contributed by atoms with Crippen LogP contribution in [0.3, 0.4) is 0 Å². The highest BCUT2D eigenvalue weighted by Crippen LogP contribution is 2.19. The van der Waals surface area contributed by atoms with Gasteiger partial charge in [0.05, 0.1) is 24.0 Å². The summed E-state index contributed by atoms with van der Waals surface area (Å²) >= 11 is 0. The van der Waals surface area contributed by atoms with E-state index in [1.807, 2.05) is 20.8 Å². The molecule has 20 heavy (non-hydrogen) atoms. The fourth-order valence-electron chi connectivity index (χ4n) is 2.04. The van der Waals surface area contributed by atoms with Crippen LogP contribution in [0.2, 0.25) is 0 Å². The lowest BCUT2D eigenvalue weighted by Gasteiger charge is -2.20. The second kappa shape index (κ2) is 7.40. The summed E-state index contributed by atoms with van der Waals surface area (Å²) in [5.41, 5.74) is 1.40. The molecule has 0 bridgehead atoms. The number of ether oxygens (including phenoxy) is 1. The maximum Gasteiger partial charge on any atom is 0.257 e. The van der Waals surface area contributed by atoms with Crippen LogP contribution in [0.5, 0.6) is 0 Å². The lowest BCUT2D eigenvalue weighted by atomic mass is 10.1. The molecule has 6 nitrogen and oxygen atoms in total. The largest absolute Gasteiger partial charge is 0.389 e. The Kier molecular flexibility index (Phi) is 6.16. The molecular formula is C14H25N3O3. The van der Waals surface area contributed by atoms with Crippen LogP contribution in [0.4, 0.5) is 0 Å². The first-order chi connectivity index (χ1) is 9.40. The molecule has 1 rings (SSSR count). The van der Waals surface area contributed by atoms with E-state index in [0.29, 0.717) is 5.56 Å². The van der Waals surface area contributed by atoms with Gasteiger partial charge in [-0.3, -0.25) is 9.48 Å². The molecule has 0 aliphatic rings. The number of hydrogen-bond acceptors (Lipinski definition) is 4. The van der Waals surface area contributed by atoms with E-state index in [0.717, 1.165) is 12.2 Å². The van der Waals surface area contributed by atoms with Crippen LogP contribution in [0.1, 0.15) is 42.7 Å². The normalized spacial score (nSPS) is 12.8. The summed E-state index contributed by atoms with van der Waals surface area (Å²) in [4.78, 5) is 14.0. The number of hydrogen-bond donors (Lipinski definition) is 1. The predicted octanol–water partition coefficient (Wildman–Crippen LogP) is 1.11. The number of aryl methyl sites for hydroxylation is 1. The molecule has 1 atom stereocenters. The number of carbonyl (C=O) groups excluding carboxylic acids is 1. The van der Waals surface area contributed by atoms with E-state index < -0.39 is 6.10 Å². The molecule has 0 aromatic carbocycles. The van der Waals surface area contributed by atoms with Crippen LogP contribution in [0.25, 0.3) is 0 Å². The minimum absolute atomic E-state index is 0.122. The van der Waals surface area contributed by atoms with E-state index in [9.17, 15) is 9.90 Å². The number of nitrogens with zero attached hydrogens (tertiary/aromatic N) is 3. The number of methoxy groups -OCH3 is 1. The van der Waals surface area contributed by atoms with Crippen molar-refractivity contribution in [1.82, 2.24) is 14.7 Å². The molecule has 1 aromatic rings. The highest BCUT2D eigenvalue weighted by Gasteiger charge is 2.22. The Balaban J connectivity index is 2.87. The van der Waals surface area contributed by atoms with Gasteiger partial charge in [0.2, 0.25) is 0 Å². The van der Waals surface area contributed by atoms with Crippen molar-refractivity contribution >= 4 is 5.91 Å². The Morgan fingerprint density at radius 1 is 1.55 bits per heavy atom. The van der Waals surface area contributed by atoms with E-state index >= 15 is 0 Å². The first kappa shape index (κ1) is 16.7. The standard InChI is InChI=1S/C14H25N3O3/c1-6-17-8-12(13(15-17)10(2)3)14(19)16(4)7-11(18)9-20-5/h8,10-11,18H,6-7,9H2,1-5H3. The molecule has 0 radical (unpaired) electrons. The number of aromatic nitrogens is 2. The van der Waals surface area contributed by atoms with Crippen molar-refractivity contribution in [3.8, 4) is 0 Å². The summed E-state index contributed by atoms with van der Waals surface area (Å²) in [7, 11) is 3.20. The lowest BCUT2D eigenvalue weighted by Crippen LogP contribution is -2.36. The van der Waals surface area contributed by atoms with Crippen molar-refractivity contribution in [1.29, 1.82) is 0 Å². The van der Waals surface area contributed by atoms with E-state index in [-0.39, 0.29) is 25.0 Å². The minimum Gasteiger partial charge on any atom is -0.389 e. The molecular weight excluding hydrogens is 258 g/mol. The maximum atomic E-state index is 12.5. The zero-order valence-corrected chi connectivity index (χ0v) is 13.0. The van der Waals surface area contributed by atoms with Gasteiger partial charge >= 0.3 is 0 Å². The average Bonchev–Trinajstić information content (AvgIpc) is 2.82. The van der Waals surface area contributed by atoms with Crippen molar-refractivity contribution in [2.24, 2.45) is 0 Å². The molecule has 1 amide bonds. The number of likely N-dealkylation sites (N-methyl/N-ethyl adjacent to an activating group) is 1. The molecule has 1 unspecified atom stereocenters. The van der Waals surface area contributed by atoms with Crippen LogP contribution >= 0.6 is 0 Å². The molecule has 6 heteroatoms. The highest BCUT2D eigenvalue weighted by atomic mass is 16.5. The molecule has 114 valence electrons. The maximum absolute atomic E-state index is 12.5. The van der Waals surface area contributed by atoms with Crippen LogP contribution in [-0.4, -0.2) is 59.1 Å². The molecule has 1 aromatic heterocycles.